The van der Waals surface area contributed by atoms with Crippen LogP contribution in [0.1, 0.15) is 42.1 Å². The number of benzene rings is 2. The third-order valence-electron chi connectivity index (χ3n) is 4.28. The van der Waals surface area contributed by atoms with Gasteiger partial charge < -0.3 is 15.4 Å². The normalized spacial score (nSPS) is 9.97. The molecule has 9 nitrogen and oxygen atoms in total. The molecule has 0 unspecified atom stereocenters. The number of thiocarbonyl (C=S) groups is 1. The zero-order valence-electron chi connectivity index (χ0n) is 18.2. The fourth-order valence-corrected chi connectivity index (χ4v) is 2.87. The van der Waals surface area contributed by atoms with Gasteiger partial charge in [0.1, 0.15) is 0 Å². The minimum atomic E-state index is -0.486. The number of carbonyl (C=O) groups is 4. The number of aryl methyl sites for hydroxylation is 1. The number of hydrogen-bond donors (Lipinski definition) is 4. The van der Waals surface area contributed by atoms with E-state index >= 15 is 0 Å². The summed E-state index contributed by atoms with van der Waals surface area (Å²) in [5.74, 6) is -1.65. The molecular weight excluding hydrogens is 444 g/mol. The summed E-state index contributed by atoms with van der Waals surface area (Å²) < 4.78 is 5.13. The molecular formula is C23H26N4O5S. The van der Waals surface area contributed by atoms with E-state index in [9.17, 15) is 19.2 Å². The Balaban J connectivity index is 1.59. The van der Waals surface area contributed by atoms with Crippen molar-refractivity contribution in [2.45, 2.75) is 32.6 Å². The topological polar surface area (TPSA) is 126 Å². The van der Waals surface area contributed by atoms with Crippen LogP contribution in [0.4, 0.5) is 5.69 Å². The van der Waals surface area contributed by atoms with Gasteiger partial charge in [0.15, 0.2) is 5.11 Å². The number of esters is 1. The van der Waals surface area contributed by atoms with Gasteiger partial charge in [-0.3, -0.25) is 30.0 Å². The molecule has 4 N–H and O–H groups in total. The van der Waals surface area contributed by atoms with E-state index < -0.39 is 17.8 Å². The van der Waals surface area contributed by atoms with E-state index in [0.29, 0.717) is 17.7 Å². The van der Waals surface area contributed by atoms with Gasteiger partial charge in [0.2, 0.25) is 11.8 Å². The van der Waals surface area contributed by atoms with Crippen molar-refractivity contribution in [2.75, 3.05) is 11.9 Å². The van der Waals surface area contributed by atoms with E-state index in [2.05, 4.69) is 21.5 Å². The van der Waals surface area contributed by atoms with Crippen molar-refractivity contribution in [2.24, 2.45) is 0 Å². The van der Waals surface area contributed by atoms with Crippen molar-refractivity contribution < 1.29 is 23.9 Å². The first kappa shape index (κ1) is 25.5. The predicted octanol–water partition coefficient (Wildman–Crippen LogP) is 2.24. The average Bonchev–Trinajstić information content (AvgIpc) is 2.80. The zero-order valence-corrected chi connectivity index (χ0v) is 19.0. The molecule has 0 aliphatic rings. The maximum Gasteiger partial charge on any atom is 0.306 e. The second kappa shape index (κ2) is 13.6. The van der Waals surface area contributed by atoms with Crippen LogP contribution in [0.25, 0.3) is 0 Å². The van der Waals surface area contributed by atoms with Crippen LogP contribution < -0.4 is 21.5 Å². The van der Waals surface area contributed by atoms with Crippen molar-refractivity contribution in [3.8, 4) is 0 Å². The molecule has 2 rings (SSSR count). The Hall–Kier alpha value is -3.79. The van der Waals surface area contributed by atoms with Gasteiger partial charge in [-0.15, -0.1) is 0 Å². The van der Waals surface area contributed by atoms with Crippen LogP contribution in [-0.2, 0) is 25.5 Å². The smallest absolute Gasteiger partial charge is 0.306 e. The predicted molar refractivity (Wildman–Crippen MR) is 127 cm³/mol. The number of nitrogens with one attached hydrogen (secondary N) is 4. The summed E-state index contributed by atoms with van der Waals surface area (Å²) in [5.41, 5.74) is 6.82. The molecule has 0 aliphatic heterocycles. The Bertz CT molecular complexity index is 980. The third-order valence-corrected chi connectivity index (χ3v) is 4.49. The van der Waals surface area contributed by atoms with Crippen molar-refractivity contribution in [3.05, 3.63) is 65.7 Å². The first-order chi connectivity index (χ1) is 15.8. The van der Waals surface area contributed by atoms with E-state index in [0.717, 1.165) is 6.42 Å². The largest absolute Gasteiger partial charge is 0.466 e. The molecule has 0 aromatic heterocycles. The van der Waals surface area contributed by atoms with E-state index in [1.807, 2.05) is 30.3 Å². The monoisotopic (exact) mass is 470 g/mol. The van der Waals surface area contributed by atoms with Gasteiger partial charge in [0, 0.05) is 24.6 Å². The second-order valence-corrected chi connectivity index (χ2v) is 7.43. The SMILES string of the molecule is CC(=O)Nc1ccc(C(=O)NNC(=S)NC(=O)CCC(=O)OCCCc2ccccc2)cc1. The number of hydrogen-bond acceptors (Lipinski definition) is 6. The fraction of sp³-hybridized carbons (Fsp3) is 0.261. The second-order valence-electron chi connectivity index (χ2n) is 7.02. The van der Waals surface area contributed by atoms with Gasteiger partial charge in [0.25, 0.3) is 5.91 Å². The molecule has 174 valence electrons. The average molecular weight is 471 g/mol. The summed E-state index contributed by atoms with van der Waals surface area (Å²) >= 11 is 4.96. The molecule has 0 fully saturated rings. The fourth-order valence-electron chi connectivity index (χ4n) is 2.71. The van der Waals surface area contributed by atoms with Crippen molar-refractivity contribution in [1.29, 1.82) is 0 Å². The number of ether oxygens (including phenoxy) is 1. The maximum absolute atomic E-state index is 12.1. The summed E-state index contributed by atoms with van der Waals surface area (Å²) in [6.07, 6.45) is 1.33. The minimum absolute atomic E-state index is 0.0766. The number of hydrazine groups is 1. The highest BCUT2D eigenvalue weighted by Gasteiger charge is 2.11. The first-order valence-corrected chi connectivity index (χ1v) is 10.7. The van der Waals surface area contributed by atoms with Crippen LogP contribution in [0.5, 0.6) is 0 Å². The lowest BCUT2D eigenvalue weighted by atomic mass is 10.1. The van der Waals surface area contributed by atoms with E-state index in [4.69, 9.17) is 17.0 Å². The van der Waals surface area contributed by atoms with Gasteiger partial charge in [-0.2, -0.15) is 0 Å². The van der Waals surface area contributed by atoms with Crippen LogP contribution >= 0.6 is 12.2 Å². The molecule has 0 heterocycles. The highest BCUT2D eigenvalue weighted by Crippen LogP contribution is 2.09. The van der Waals surface area contributed by atoms with Gasteiger partial charge in [-0.05, 0) is 54.9 Å². The summed E-state index contributed by atoms with van der Waals surface area (Å²) in [5, 5.41) is 4.86. The van der Waals surface area contributed by atoms with Crippen LogP contribution in [0.15, 0.2) is 54.6 Å². The number of amides is 3. The van der Waals surface area contributed by atoms with Crippen LogP contribution in [0.2, 0.25) is 0 Å². The Kier molecular flexibility index (Phi) is 10.5. The van der Waals surface area contributed by atoms with Crippen LogP contribution in [0, 0.1) is 0 Å². The maximum atomic E-state index is 12.1. The lowest BCUT2D eigenvalue weighted by Crippen LogP contribution is -2.48. The lowest BCUT2D eigenvalue weighted by Gasteiger charge is -2.11. The molecule has 10 heteroatoms. The van der Waals surface area contributed by atoms with Crippen molar-refractivity contribution in [3.63, 3.8) is 0 Å². The Morgan fingerprint density at radius 3 is 2.27 bits per heavy atom. The molecule has 0 radical (unpaired) electrons. The van der Waals surface area contributed by atoms with Gasteiger partial charge in [0.05, 0.1) is 13.0 Å². The van der Waals surface area contributed by atoms with Gasteiger partial charge >= 0.3 is 5.97 Å². The summed E-state index contributed by atoms with van der Waals surface area (Å²) in [6.45, 7) is 1.67. The molecule has 0 aliphatic carbocycles. The van der Waals surface area contributed by atoms with Crippen LogP contribution in [-0.4, -0.2) is 35.4 Å². The first-order valence-electron chi connectivity index (χ1n) is 10.3. The number of anilines is 1. The number of carbonyl (C=O) groups excluding carboxylic acids is 4. The lowest BCUT2D eigenvalue weighted by molar-refractivity contribution is -0.145. The molecule has 0 saturated heterocycles. The third kappa shape index (κ3) is 10.4. The zero-order chi connectivity index (χ0) is 24.1. The highest BCUT2D eigenvalue weighted by atomic mass is 32.1. The summed E-state index contributed by atoms with van der Waals surface area (Å²) in [4.78, 5) is 46.8. The summed E-state index contributed by atoms with van der Waals surface area (Å²) in [6, 6.07) is 16.1. The Labute approximate surface area is 197 Å². The Morgan fingerprint density at radius 2 is 1.61 bits per heavy atom. The molecule has 2 aromatic rings. The van der Waals surface area contributed by atoms with E-state index in [1.165, 1.54) is 24.6 Å². The molecule has 0 saturated carbocycles. The molecule has 0 atom stereocenters. The van der Waals surface area contributed by atoms with Crippen molar-refractivity contribution >= 4 is 46.7 Å². The standard InChI is InChI=1S/C23H26N4O5S/c1-16(28)24-19-11-9-18(10-12-19)22(31)26-27-23(33)25-20(29)13-14-21(30)32-15-5-8-17-6-3-2-4-7-17/h2-4,6-7,9-12H,5,8,13-15H2,1H3,(H,24,28)(H,26,31)(H2,25,27,29,33). The van der Waals surface area contributed by atoms with Gasteiger partial charge in [-0.25, -0.2) is 0 Å². The van der Waals surface area contributed by atoms with E-state index in [-0.39, 0.29) is 30.5 Å². The van der Waals surface area contributed by atoms with E-state index in [1.54, 1.807) is 12.1 Å². The molecule has 0 spiro atoms. The number of rotatable bonds is 9. The quantitative estimate of drug-likeness (QED) is 0.192. The van der Waals surface area contributed by atoms with Crippen molar-refractivity contribution in [1.82, 2.24) is 16.2 Å². The van der Waals surface area contributed by atoms with Crippen LogP contribution in [0.3, 0.4) is 0 Å². The summed E-state index contributed by atoms with van der Waals surface area (Å²) in [7, 11) is 0. The Morgan fingerprint density at radius 1 is 0.909 bits per heavy atom. The minimum Gasteiger partial charge on any atom is -0.466 e. The highest BCUT2D eigenvalue weighted by molar-refractivity contribution is 7.80. The molecule has 3 amide bonds. The van der Waals surface area contributed by atoms with Gasteiger partial charge in [-0.1, -0.05) is 30.3 Å². The molecule has 33 heavy (non-hydrogen) atoms. The molecule has 2 aromatic carbocycles. The molecule has 0 bridgehead atoms.